The van der Waals surface area contributed by atoms with Crippen molar-refractivity contribution in [1.82, 2.24) is 5.32 Å². The molecule has 5 nitrogen and oxygen atoms in total. The van der Waals surface area contributed by atoms with E-state index >= 15 is 0 Å². The molecule has 0 aliphatic carbocycles. The summed E-state index contributed by atoms with van der Waals surface area (Å²) in [6.07, 6.45) is 1.87. The van der Waals surface area contributed by atoms with Gasteiger partial charge in [0.25, 0.3) is 0 Å². The number of carbonyl (C=O) groups excluding carboxylic acids is 2. The van der Waals surface area contributed by atoms with E-state index in [0.29, 0.717) is 17.8 Å². The molecule has 2 N–H and O–H groups in total. The van der Waals surface area contributed by atoms with Crippen molar-refractivity contribution in [2.75, 3.05) is 25.5 Å². The summed E-state index contributed by atoms with van der Waals surface area (Å²) in [6.45, 7) is 1.65. The predicted octanol–water partition coefficient (Wildman–Crippen LogP) is 1.41. The lowest BCUT2D eigenvalue weighted by Crippen LogP contribution is -2.37. The van der Waals surface area contributed by atoms with Gasteiger partial charge in [0, 0.05) is 6.54 Å². The van der Waals surface area contributed by atoms with Crippen LogP contribution in [0.4, 0.5) is 5.69 Å². The van der Waals surface area contributed by atoms with Gasteiger partial charge in [-0.25, -0.2) is 4.79 Å². The number of carbonyl (C=O) groups is 2. The highest BCUT2D eigenvalue weighted by molar-refractivity contribution is 6.01. The molecule has 19 heavy (non-hydrogen) atoms. The molecule has 1 aromatic carbocycles. The minimum Gasteiger partial charge on any atom is -0.465 e. The highest BCUT2D eigenvalue weighted by Crippen LogP contribution is 2.18. The molecule has 1 aromatic rings. The summed E-state index contributed by atoms with van der Waals surface area (Å²) < 4.78 is 4.70. The number of rotatable bonds is 3. The van der Waals surface area contributed by atoms with Gasteiger partial charge in [-0.05, 0) is 31.5 Å². The van der Waals surface area contributed by atoms with Crippen LogP contribution in [0.1, 0.15) is 23.2 Å². The molecule has 0 radical (unpaired) electrons. The lowest BCUT2D eigenvalue weighted by molar-refractivity contribution is -0.120. The molecule has 0 saturated carbocycles. The minimum atomic E-state index is -0.447. The highest BCUT2D eigenvalue weighted by atomic mass is 16.5. The minimum absolute atomic E-state index is 0.0422. The molecule has 102 valence electrons. The fraction of sp³-hybridized carbons (Fsp3) is 0.429. The van der Waals surface area contributed by atoms with Crippen LogP contribution in [0.5, 0.6) is 0 Å². The quantitative estimate of drug-likeness (QED) is 0.808. The van der Waals surface area contributed by atoms with Crippen molar-refractivity contribution in [1.29, 1.82) is 0 Å². The Morgan fingerprint density at radius 3 is 2.84 bits per heavy atom. The Morgan fingerprint density at radius 2 is 2.16 bits per heavy atom. The standard InChI is InChI=1S/C14H18N2O3/c1-19-14(18)11-6-2-3-7-12(11)16-13(17)10-5-4-8-15-9-10/h2-3,6-7,10,15H,4-5,8-9H2,1H3,(H,16,17)/t10-/m0/s1. The first kappa shape index (κ1) is 13.5. The van der Waals surface area contributed by atoms with E-state index in [9.17, 15) is 9.59 Å². The molecule has 1 fully saturated rings. The Morgan fingerprint density at radius 1 is 1.37 bits per heavy atom. The van der Waals surface area contributed by atoms with Crippen LogP contribution in [0.3, 0.4) is 0 Å². The monoisotopic (exact) mass is 262 g/mol. The van der Waals surface area contributed by atoms with Crippen molar-refractivity contribution < 1.29 is 14.3 Å². The van der Waals surface area contributed by atoms with Gasteiger partial charge in [0.1, 0.15) is 0 Å². The van der Waals surface area contributed by atoms with Crippen molar-refractivity contribution in [2.24, 2.45) is 5.92 Å². The van der Waals surface area contributed by atoms with Crippen LogP contribution < -0.4 is 10.6 Å². The van der Waals surface area contributed by atoms with Gasteiger partial charge in [-0.3, -0.25) is 4.79 Å². The highest BCUT2D eigenvalue weighted by Gasteiger charge is 2.22. The summed E-state index contributed by atoms with van der Waals surface area (Å²) >= 11 is 0. The number of esters is 1. The lowest BCUT2D eigenvalue weighted by atomic mass is 9.98. The maximum absolute atomic E-state index is 12.1. The summed E-state index contributed by atoms with van der Waals surface area (Å²) in [7, 11) is 1.33. The number of ether oxygens (including phenoxy) is 1. The van der Waals surface area contributed by atoms with Crippen LogP contribution >= 0.6 is 0 Å². The number of nitrogens with one attached hydrogen (secondary N) is 2. The van der Waals surface area contributed by atoms with Crippen LogP contribution in [0.25, 0.3) is 0 Å². The van der Waals surface area contributed by atoms with E-state index in [0.717, 1.165) is 19.4 Å². The Kier molecular flexibility index (Phi) is 4.52. The number of amides is 1. The molecule has 5 heteroatoms. The summed E-state index contributed by atoms with van der Waals surface area (Å²) in [4.78, 5) is 23.7. The third kappa shape index (κ3) is 3.32. The van der Waals surface area contributed by atoms with Crippen LogP contribution in [0.15, 0.2) is 24.3 Å². The van der Waals surface area contributed by atoms with Crippen molar-refractivity contribution in [3.63, 3.8) is 0 Å². The number of anilines is 1. The molecule has 1 amide bonds. The second-order valence-corrected chi connectivity index (χ2v) is 4.57. The molecular formula is C14H18N2O3. The summed E-state index contributed by atoms with van der Waals surface area (Å²) in [6, 6.07) is 6.87. The fourth-order valence-corrected chi connectivity index (χ4v) is 2.19. The van der Waals surface area contributed by atoms with Crippen LogP contribution in [-0.2, 0) is 9.53 Å². The average Bonchev–Trinajstić information content (AvgIpc) is 2.48. The zero-order valence-corrected chi connectivity index (χ0v) is 10.9. The van der Waals surface area contributed by atoms with Crippen LogP contribution in [0.2, 0.25) is 0 Å². The van der Waals surface area contributed by atoms with E-state index < -0.39 is 5.97 Å². The molecule has 1 aliphatic heterocycles. The second-order valence-electron chi connectivity index (χ2n) is 4.57. The van der Waals surface area contributed by atoms with Crippen LogP contribution in [-0.4, -0.2) is 32.1 Å². The topological polar surface area (TPSA) is 67.4 Å². The van der Waals surface area contributed by atoms with Crippen molar-refractivity contribution in [3.05, 3.63) is 29.8 Å². The van der Waals surface area contributed by atoms with Gasteiger partial charge in [-0.1, -0.05) is 12.1 Å². The molecule has 0 bridgehead atoms. The van der Waals surface area contributed by atoms with Crippen molar-refractivity contribution in [2.45, 2.75) is 12.8 Å². The number of benzene rings is 1. The lowest BCUT2D eigenvalue weighted by Gasteiger charge is -2.22. The molecule has 0 aromatic heterocycles. The van der Waals surface area contributed by atoms with Gasteiger partial charge in [0.15, 0.2) is 0 Å². The Hall–Kier alpha value is -1.88. The summed E-state index contributed by atoms with van der Waals surface area (Å²) in [5, 5.41) is 6.01. The van der Waals surface area contributed by atoms with E-state index in [2.05, 4.69) is 10.6 Å². The summed E-state index contributed by atoms with van der Waals surface area (Å²) in [5.74, 6) is -0.541. The number of hydrogen-bond acceptors (Lipinski definition) is 4. The van der Waals surface area contributed by atoms with Gasteiger partial charge in [-0.2, -0.15) is 0 Å². The Bertz CT molecular complexity index is 468. The average molecular weight is 262 g/mol. The fourth-order valence-electron chi connectivity index (χ4n) is 2.19. The molecule has 0 spiro atoms. The largest absolute Gasteiger partial charge is 0.465 e. The zero-order valence-electron chi connectivity index (χ0n) is 10.9. The molecule has 0 unspecified atom stereocenters. The zero-order chi connectivity index (χ0) is 13.7. The first-order chi connectivity index (χ1) is 9.22. The molecule has 1 saturated heterocycles. The maximum atomic E-state index is 12.1. The predicted molar refractivity (Wildman–Crippen MR) is 72.0 cm³/mol. The Balaban J connectivity index is 2.09. The van der Waals surface area contributed by atoms with Crippen LogP contribution in [0, 0.1) is 5.92 Å². The van der Waals surface area contributed by atoms with Gasteiger partial charge >= 0.3 is 5.97 Å². The van der Waals surface area contributed by atoms with Gasteiger partial charge in [-0.15, -0.1) is 0 Å². The van der Waals surface area contributed by atoms with Gasteiger partial charge in [0.05, 0.1) is 24.3 Å². The molecule has 1 heterocycles. The third-order valence-corrected chi connectivity index (χ3v) is 3.26. The third-order valence-electron chi connectivity index (χ3n) is 3.26. The van der Waals surface area contributed by atoms with Crippen molar-refractivity contribution >= 4 is 17.6 Å². The van der Waals surface area contributed by atoms with E-state index in [1.54, 1.807) is 24.3 Å². The van der Waals surface area contributed by atoms with Gasteiger partial charge in [0.2, 0.25) is 5.91 Å². The van der Waals surface area contributed by atoms with E-state index in [1.807, 2.05) is 0 Å². The number of hydrogen-bond donors (Lipinski definition) is 2. The molecule has 2 rings (SSSR count). The van der Waals surface area contributed by atoms with E-state index in [4.69, 9.17) is 4.74 Å². The molecule has 1 atom stereocenters. The maximum Gasteiger partial charge on any atom is 0.339 e. The van der Waals surface area contributed by atoms with E-state index in [1.165, 1.54) is 7.11 Å². The van der Waals surface area contributed by atoms with Gasteiger partial charge < -0.3 is 15.4 Å². The smallest absolute Gasteiger partial charge is 0.339 e. The SMILES string of the molecule is COC(=O)c1ccccc1NC(=O)[C@H]1CCCNC1. The molecule has 1 aliphatic rings. The second kappa shape index (κ2) is 6.33. The first-order valence-corrected chi connectivity index (χ1v) is 6.41. The molecular weight excluding hydrogens is 244 g/mol. The normalized spacial score (nSPS) is 18.7. The number of para-hydroxylation sites is 1. The van der Waals surface area contributed by atoms with E-state index in [-0.39, 0.29) is 11.8 Å². The van der Waals surface area contributed by atoms with Crippen molar-refractivity contribution in [3.8, 4) is 0 Å². The summed E-state index contributed by atoms with van der Waals surface area (Å²) in [5.41, 5.74) is 0.882. The number of piperidine rings is 1. The Labute approximate surface area is 112 Å². The first-order valence-electron chi connectivity index (χ1n) is 6.41. The number of methoxy groups -OCH3 is 1.